The van der Waals surface area contributed by atoms with Gasteiger partial charge in [0.15, 0.2) is 3.95 Å². The summed E-state index contributed by atoms with van der Waals surface area (Å²) in [5.74, 6) is 0. The number of aromatic nitrogens is 1. The maximum absolute atomic E-state index is 12.5. The Bertz CT molecular complexity index is 1060. The monoisotopic (exact) mass is 410 g/mol. The molecule has 0 aliphatic rings. The van der Waals surface area contributed by atoms with Crippen LogP contribution in [0.4, 0.5) is 11.4 Å². The van der Waals surface area contributed by atoms with Crippen molar-refractivity contribution in [1.82, 2.24) is 4.68 Å². The first-order chi connectivity index (χ1) is 13.3. The van der Waals surface area contributed by atoms with Gasteiger partial charge in [0.25, 0.3) is 5.56 Å². The second kappa shape index (κ2) is 8.50. The second-order valence-corrected chi connectivity index (χ2v) is 8.37. The lowest BCUT2D eigenvalue weighted by atomic mass is 10.1. The molecule has 0 fully saturated rings. The summed E-state index contributed by atoms with van der Waals surface area (Å²) in [6, 6.07) is 17.5. The number of anilines is 2. The van der Waals surface area contributed by atoms with Crippen molar-refractivity contribution in [1.29, 1.82) is 0 Å². The van der Waals surface area contributed by atoms with E-state index in [0.717, 1.165) is 27.4 Å². The summed E-state index contributed by atoms with van der Waals surface area (Å²) in [7, 11) is 7.96. The summed E-state index contributed by atoms with van der Waals surface area (Å²) in [5, 5.41) is 4.29. The fourth-order valence-corrected chi connectivity index (χ4v) is 3.81. The molecule has 0 amide bonds. The van der Waals surface area contributed by atoms with Gasteiger partial charge < -0.3 is 9.80 Å². The molecule has 0 saturated carbocycles. The van der Waals surface area contributed by atoms with Crippen molar-refractivity contribution < 1.29 is 0 Å². The van der Waals surface area contributed by atoms with Crippen LogP contribution in [-0.4, -0.2) is 39.1 Å². The Labute approximate surface area is 173 Å². The standard InChI is InChI=1S/C21H22N4OS2/c1-23(2)17-9-5-15(6-10-17)14-22-25-20(26)13-19(28-21(25)27)16-7-11-18(12-8-16)24(3)4/h5-14H,1-4H3. The zero-order valence-electron chi connectivity index (χ0n) is 16.3. The Balaban J connectivity index is 1.87. The minimum absolute atomic E-state index is 0.239. The minimum atomic E-state index is -0.239. The maximum Gasteiger partial charge on any atom is 0.274 e. The van der Waals surface area contributed by atoms with Crippen LogP contribution in [0.3, 0.4) is 0 Å². The first-order valence-corrected chi connectivity index (χ1v) is 9.94. The van der Waals surface area contributed by atoms with Crippen LogP contribution in [-0.2, 0) is 0 Å². The van der Waals surface area contributed by atoms with Crippen molar-refractivity contribution in [2.24, 2.45) is 5.10 Å². The van der Waals surface area contributed by atoms with Gasteiger partial charge >= 0.3 is 0 Å². The minimum Gasteiger partial charge on any atom is -0.378 e. The maximum atomic E-state index is 12.5. The Hall–Kier alpha value is -2.77. The molecule has 1 heterocycles. The van der Waals surface area contributed by atoms with Crippen molar-refractivity contribution in [2.45, 2.75) is 0 Å². The van der Waals surface area contributed by atoms with Crippen LogP contribution >= 0.6 is 23.6 Å². The summed E-state index contributed by atoms with van der Waals surface area (Å²) in [4.78, 5) is 17.4. The van der Waals surface area contributed by atoms with Crippen LogP contribution in [0.2, 0.25) is 0 Å². The zero-order valence-corrected chi connectivity index (χ0v) is 17.9. The van der Waals surface area contributed by atoms with Gasteiger partial charge in [0.2, 0.25) is 0 Å². The Kier molecular flexibility index (Phi) is 6.06. The molecule has 0 atom stereocenters. The third-order valence-electron chi connectivity index (χ3n) is 4.23. The fourth-order valence-electron chi connectivity index (χ4n) is 2.58. The summed E-state index contributed by atoms with van der Waals surface area (Å²) >= 11 is 6.79. The summed E-state index contributed by atoms with van der Waals surface area (Å²) in [6.07, 6.45) is 1.65. The highest BCUT2D eigenvalue weighted by molar-refractivity contribution is 7.73. The van der Waals surface area contributed by atoms with E-state index in [2.05, 4.69) is 5.10 Å². The van der Waals surface area contributed by atoms with Crippen LogP contribution in [0.5, 0.6) is 0 Å². The van der Waals surface area contributed by atoms with Crippen LogP contribution in [0, 0.1) is 3.95 Å². The van der Waals surface area contributed by atoms with Gasteiger partial charge in [-0.05, 0) is 47.6 Å². The predicted octanol–water partition coefficient (Wildman–Crippen LogP) is 4.32. The molecular formula is C21H22N4OS2. The lowest BCUT2D eigenvalue weighted by molar-refractivity contribution is 0.837. The van der Waals surface area contributed by atoms with Gasteiger partial charge in [0, 0.05) is 50.5 Å². The summed E-state index contributed by atoms with van der Waals surface area (Å²) in [5.41, 5.74) is 3.83. The first kappa shape index (κ1) is 20.0. The van der Waals surface area contributed by atoms with E-state index < -0.39 is 0 Å². The molecule has 3 rings (SSSR count). The van der Waals surface area contributed by atoms with E-state index in [1.807, 2.05) is 86.5 Å². The van der Waals surface area contributed by atoms with E-state index in [-0.39, 0.29) is 5.56 Å². The molecule has 144 valence electrons. The quantitative estimate of drug-likeness (QED) is 0.464. The van der Waals surface area contributed by atoms with Gasteiger partial charge in [-0.15, -0.1) is 11.3 Å². The molecule has 0 radical (unpaired) electrons. The topological polar surface area (TPSA) is 40.8 Å². The lowest BCUT2D eigenvalue weighted by Crippen LogP contribution is -2.15. The van der Waals surface area contributed by atoms with Gasteiger partial charge in [0.1, 0.15) is 0 Å². The molecule has 28 heavy (non-hydrogen) atoms. The summed E-state index contributed by atoms with van der Waals surface area (Å²) in [6.45, 7) is 0. The number of rotatable bonds is 5. The van der Waals surface area contributed by atoms with Crippen LogP contribution in [0.1, 0.15) is 5.56 Å². The molecule has 0 saturated heterocycles. The Morgan fingerprint density at radius 2 is 1.46 bits per heavy atom. The van der Waals surface area contributed by atoms with Crippen molar-refractivity contribution in [3.63, 3.8) is 0 Å². The van der Waals surface area contributed by atoms with Crippen LogP contribution in [0.25, 0.3) is 10.4 Å². The number of hydrogen-bond acceptors (Lipinski definition) is 6. The van der Waals surface area contributed by atoms with E-state index in [1.165, 1.54) is 16.0 Å². The number of nitrogens with zero attached hydrogens (tertiary/aromatic N) is 4. The molecule has 0 bridgehead atoms. The number of benzene rings is 2. The predicted molar refractivity (Wildman–Crippen MR) is 123 cm³/mol. The molecule has 0 spiro atoms. The Morgan fingerprint density at radius 3 is 1.96 bits per heavy atom. The average molecular weight is 411 g/mol. The van der Waals surface area contributed by atoms with Crippen molar-refractivity contribution in [3.8, 4) is 10.4 Å². The molecule has 2 aromatic carbocycles. The molecule has 7 heteroatoms. The fraction of sp³-hybridized carbons (Fsp3) is 0.190. The van der Waals surface area contributed by atoms with Gasteiger partial charge in [-0.1, -0.05) is 24.3 Å². The van der Waals surface area contributed by atoms with Crippen LogP contribution < -0.4 is 15.4 Å². The number of hydrogen-bond donors (Lipinski definition) is 0. The molecule has 0 aliphatic heterocycles. The second-order valence-electron chi connectivity index (χ2n) is 6.70. The molecule has 5 nitrogen and oxygen atoms in total. The van der Waals surface area contributed by atoms with Crippen LogP contribution in [0.15, 0.2) is 64.5 Å². The summed E-state index contributed by atoms with van der Waals surface area (Å²) < 4.78 is 1.68. The zero-order chi connectivity index (χ0) is 20.3. The molecule has 0 N–H and O–H groups in total. The SMILES string of the molecule is CN(C)c1ccc(C=Nn2c(=O)cc(-c3ccc(N(C)C)cc3)sc2=S)cc1. The van der Waals surface area contributed by atoms with Gasteiger partial charge in [-0.3, -0.25) is 4.79 Å². The lowest BCUT2D eigenvalue weighted by Gasteiger charge is -2.12. The van der Waals surface area contributed by atoms with E-state index in [0.29, 0.717) is 3.95 Å². The molecular weight excluding hydrogens is 388 g/mol. The molecule has 3 aromatic rings. The first-order valence-electron chi connectivity index (χ1n) is 8.72. The normalized spacial score (nSPS) is 11.0. The Morgan fingerprint density at radius 1 is 0.929 bits per heavy atom. The highest BCUT2D eigenvalue weighted by Crippen LogP contribution is 2.25. The molecule has 0 unspecified atom stereocenters. The largest absolute Gasteiger partial charge is 0.378 e. The van der Waals surface area contributed by atoms with E-state index in [9.17, 15) is 4.79 Å². The highest BCUT2D eigenvalue weighted by Gasteiger charge is 2.05. The van der Waals surface area contributed by atoms with Crippen molar-refractivity contribution in [2.75, 3.05) is 38.0 Å². The third-order valence-corrected chi connectivity index (χ3v) is 5.58. The average Bonchev–Trinajstić information content (AvgIpc) is 2.67. The highest BCUT2D eigenvalue weighted by atomic mass is 32.1. The molecule has 1 aromatic heterocycles. The van der Waals surface area contributed by atoms with Gasteiger partial charge in [-0.25, -0.2) is 0 Å². The van der Waals surface area contributed by atoms with Gasteiger partial charge in [-0.2, -0.15) is 9.78 Å². The van der Waals surface area contributed by atoms with Gasteiger partial charge in [0.05, 0.1) is 6.21 Å². The molecule has 0 aliphatic carbocycles. The smallest absolute Gasteiger partial charge is 0.274 e. The van der Waals surface area contributed by atoms with E-state index >= 15 is 0 Å². The van der Waals surface area contributed by atoms with E-state index in [4.69, 9.17) is 12.2 Å². The third kappa shape index (κ3) is 4.55. The van der Waals surface area contributed by atoms with Crippen molar-refractivity contribution >= 4 is 41.1 Å². The van der Waals surface area contributed by atoms with Crippen molar-refractivity contribution in [3.05, 3.63) is 74.5 Å². The van der Waals surface area contributed by atoms with E-state index in [1.54, 1.807) is 12.3 Å².